The summed E-state index contributed by atoms with van der Waals surface area (Å²) in [6.07, 6.45) is 2.18. The van der Waals surface area contributed by atoms with Gasteiger partial charge in [0, 0.05) is 19.0 Å². The maximum atomic E-state index is 12.6. The average Bonchev–Trinajstić information content (AvgIpc) is 2.61. The molecule has 0 radical (unpaired) electrons. The Kier molecular flexibility index (Phi) is 2.07. The van der Waals surface area contributed by atoms with Crippen LogP contribution >= 0.6 is 0 Å². The largest absolute Gasteiger partial charge is 0.316 e. The van der Waals surface area contributed by atoms with Crippen LogP contribution in [0.15, 0.2) is 0 Å². The number of halogens is 2. The molecule has 2 fully saturated rings. The fourth-order valence-corrected chi connectivity index (χ4v) is 2.81. The Bertz CT molecular complexity index is 158. The molecular weight excluding hydrogens is 160 g/mol. The average molecular weight is 175 g/mol. The van der Waals surface area contributed by atoms with E-state index in [1.165, 1.54) is 0 Å². The van der Waals surface area contributed by atoms with Crippen LogP contribution in [0.1, 0.15) is 25.7 Å². The molecule has 1 atom stereocenters. The van der Waals surface area contributed by atoms with E-state index in [0.717, 1.165) is 32.2 Å². The molecule has 1 spiro atoms. The summed E-state index contributed by atoms with van der Waals surface area (Å²) in [5, 5.41) is 3.11. The molecule has 0 amide bonds. The normalized spacial score (nSPS) is 33.8. The first-order valence-corrected chi connectivity index (χ1v) is 4.73. The molecule has 0 aromatic rings. The summed E-state index contributed by atoms with van der Waals surface area (Å²) in [4.78, 5) is 0. The van der Waals surface area contributed by atoms with Crippen molar-refractivity contribution in [2.75, 3.05) is 13.1 Å². The van der Waals surface area contributed by atoms with Crippen molar-refractivity contribution >= 4 is 0 Å². The fraction of sp³-hybridized carbons (Fsp3) is 1.00. The van der Waals surface area contributed by atoms with Crippen LogP contribution in [-0.4, -0.2) is 19.5 Å². The summed E-state index contributed by atoms with van der Waals surface area (Å²) in [6, 6.07) is 0. The highest BCUT2D eigenvalue weighted by Crippen LogP contribution is 2.48. The highest BCUT2D eigenvalue weighted by molar-refractivity contribution is 4.98. The Labute approximate surface area is 71.5 Å². The summed E-state index contributed by atoms with van der Waals surface area (Å²) in [5.74, 6) is -0.375. The van der Waals surface area contributed by atoms with E-state index in [0.29, 0.717) is 6.54 Å². The summed E-state index contributed by atoms with van der Waals surface area (Å²) in [6.45, 7) is 1.35. The molecule has 12 heavy (non-hydrogen) atoms. The monoisotopic (exact) mass is 175 g/mol. The second kappa shape index (κ2) is 2.95. The minimum Gasteiger partial charge on any atom is -0.316 e. The van der Waals surface area contributed by atoms with Crippen molar-refractivity contribution in [3.63, 3.8) is 0 Å². The van der Waals surface area contributed by atoms with Crippen LogP contribution < -0.4 is 5.32 Å². The molecule has 0 aromatic heterocycles. The molecule has 1 saturated heterocycles. The lowest BCUT2D eigenvalue weighted by Crippen LogP contribution is -2.31. The molecular formula is C9H15F2N. The maximum Gasteiger partial charge on any atom is 0.243 e. The van der Waals surface area contributed by atoms with Crippen molar-refractivity contribution in [2.45, 2.75) is 32.1 Å². The molecule has 0 bridgehead atoms. The van der Waals surface area contributed by atoms with E-state index in [2.05, 4.69) is 5.32 Å². The zero-order valence-electron chi connectivity index (χ0n) is 7.15. The van der Waals surface area contributed by atoms with Gasteiger partial charge in [-0.2, -0.15) is 0 Å². The number of nitrogens with one attached hydrogen (secondary N) is 1. The first-order valence-electron chi connectivity index (χ1n) is 4.73. The number of hydrogen-bond acceptors (Lipinski definition) is 1. The molecule has 1 aliphatic carbocycles. The smallest absolute Gasteiger partial charge is 0.243 e. The van der Waals surface area contributed by atoms with Gasteiger partial charge in [-0.3, -0.25) is 0 Å². The van der Waals surface area contributed by atoms with Gasteiger partial charge in [-0.25, -0.2) is 8.78 Å². The van der Waals surface area contributed by atoms with Crippen molar-refractivity contribution in [1.82, 2.24) is 5.32 Å². The third kappa shape index (κ3) is 1.15. The highest BCUT2D eigenvalue weighted by atomic mass is 19.3. The maximum absolute atomic E-state index is 12.6. The predicted octanol–water partition coefficient (Wildman–Crippen LogP) is 2.03. The zero-order valence-corrected chi connectivity index (χ0v) is 7.15. The minimum absolute atomic E-state index is 0.0336. The minimum atomic E-state index is -2.13. The second-order valence-corrected chi connectivity index (χ2v) is 4.14. The first-order chi connectivity index (χ1) is 5.75. The van der Waals surface area contributed by atoms with Gasteiger partial charge < -0.3 is 5.32 Å². The third-order valence-corrected chi connectivity index (χ3v) is 3.53. The molecule has 1 N–H and O–H groups in total. The van der Waals surface area contributed by atoms with Crippen LogP contribution in [0, 0.1) is 11.3 Å². The van der Waals surface area contributed by atoms with E-state index in [9.17, 15) is 8.78 Å². The Morgan fingerprint density at radius 2 is 1.92 bits per heavy atom. The Morgan fingerprint density at radius 1 is 1.25 bits per heavy atom. The molecule has 1 nitrogen and oxygen atoms in total. The van der Waals surface area contributed by atoms with Crippen molar-refractivity contribution < 1.29 is 8.78 Å². The van der Waals surface area contributed by atoms with E-state index < -0.39 is 6.43 Å². The standard InChI is InChI=1S/C9H15F2N/c10-8(11)7-5-12-6-9(7)3-1-2-4-9/h7-8,12H,1-6H2. The van der Waals surface area contributed by atoms with Gasteiger partial charge >= 0.3 is 0 Å². The Balaban J connectivity index is 2.12. The van der Waals surface area contributed by atoms with Gasteiger partial charge in [0.25, 0.3) is 0 Å². The molecule has 2 rings (SSSR count). The third-order valence-electron chi connectivity index (χ3n) is 3.53. The molecule has 0 aromatic carbocycles. The lowest BCUT2D eigenvalue weighted by Gasteiger charge is -2.29. The Hall–Kier alpha value is -0.180. The molecule has 3 heteroatoms. The highest BCUT2D eigenvalue weighted by Gasteiger charge is 2.48. The van der Waals surface area contributed by atoms with Crippen molar-refractivity contribution in [3.05, 3.63) is 0 Å². The molecule has 2 aliphatic rings. The number of rotatable bonds is 1. The van der Waals surface area contributed by atoms with Gasteiger partial charge in [0.15, 0.2) is 0 Å². The second-order valence-electron chi connectivity index (χ2n) is 4.14. The number of hydrogen-bond donors (Lipinski definition) is 1. The number of alkyl halides is 2. The topological polar surface area (TPSA) is 12.0 Å². The van der Waals surface area contributed by atoms with Gasteiger partial charge in [0.1, 0.15) is 0 Å². The van der Waals surface area contributed by atoms with Crippen molar-refractivity contribution in [2.24, 2.45) is 11.3 Å². The van der Waals surface area contributed by atoms with Gasteiger partial charge in [-0.05, 0) is 18.3 Å². The van der Waals surface area contributed by atoms with Crippen LogP contribution in [0.4, 0.5) is 8.78 Å². The van der Waals surface area contributed by atoms with Gasteiger partial charge in [0.2, 0.25) is 6.43 Å². The summed E-state index contributed by atoms with van der Waals surface area (Å²) < 4.78 is 25.2. The van der Waals surface area contributed by atoms with Gasteiger partial charge in [0.05, 0.1) is 0 Å². The molecule has 1 unspecified atom stereocenters. The lowest BCUT2D eigenvalue weighted by molar-refractivity contribution is 0.0248. The van der Waals surface area contributed by atoms with E-state index in [-0.39, 0.29) is 11.3 Å². The van der Waals surface area contributed by atoms with E-state index in [4.69, 9.17) is 0 Å². The Morgan fingerprint density at radius 3 is 2.50 bits per heavy atom. The summed E-state index contributed by atoms with van der Waals surface area (Å²) >= 11 is 0. The summed E-state index contributed by atoms with van der Waals surface area (Å²) in [7, 11) is 0. The van der Waals surface area contributed by atoms with Crippen molar-refractivity contribution in [1.29, 1.82) is 0 Å². The molecule has 1 heterocycles. The quantitative estimate of drug-likeness (QED) is 0.643. The van der Waals surface area contributed by atoms with Crippen LogP contribution in [-0.2, 0) is 0 Å². The van der Waals surface area contributed by atoms with Gasteiger partial charge in [-0.15, -0.1) is 0 Å². The van der Waals surface area contributed by atoms with Crippen molar-refractivity contribution in [3.8, 4) is 0 Å². The molecule has 70 valence electrons. The molecule has 1 saturated carbocycles. The molecule has 1 aliphatic heterocycles. The van der Waals surface area contributed by atoms with E-state index in [1.807, 2.05) is 0 Å². The van der Waals surface area contributed by atoms with Crippen LogP contribution in [0.25, 0.3) is 0 Å². The van der Waals surface area contributed by atoms with Crippen LogP contribution in [0.3, 0.4) is 0 Å². The SMILES string of the molecule is FC(F)C1CNCC12CCCC2. The zero-order chi connectivity index (χ0) is 8.60. The first kappa shape index (κ1) is 8.42. The van der Waals surface area contributed by atoms with Crippen LogP contribution in [0.2, 0.25) is 0 Å². The van der Waals surface area contributed by atoms with Crippen LogP contribution in [0.5, 0.6) is 0 Å². The fourth-order valence-electron chi connectivity index (χ4n) is 2.81. The van der Waals surface area contributed by atoms with E-state index in [1.54, 1.807) is 0 Å². The predicted molar refractivity (Wildman–Crippen MR) is 43.3 cm³/mol. The summed E-state index contributed by atoms with van der Waals surface area (Å²) in [5.41, 5.74) is -0.0336. The van der Waals surface area contributed by atoms with Gasteiger partial charge in [-0.1, -0.05) is 12.8 Å². The lowest BCUT2D eigenvalue weighted by atomic mass is 9.77. The van der Waals surface area contributed by atoms with E-state index >= 15 is 0 Å².